The fraction of sp³-hybridized carbons (Fsp3) is 1.00. The predicted octanol–water partition coefficient (Wildman–Crippen LogP) is 0.321. The van der Waals surface area contributed by atoms with Crippen molar-refractivity contribution in [1.82, 2.24) is 0 Å². The first-order valence-electron chi connectivity index (χ1n) is 3.55. The first-order chi connectivity index (χ1) is 4.21. The fourth-order valence-corrected chi connectivity index (χ4v) is 4.66. The van der Waals surface area contributed by atoms with Gasteiger partial charge in [0, 0.05) is 0 Å². The van der Waals surface area contributed by atoms with Crippen molar-refractivity contribution in [2.24, 2.45) is 0 Å². The van der Waals surface area contributed by atoms with Crippen molar-refractivity contribution >= 4 is 8.93 Å². The molecule has 0 aliphatic carbocycles. The summed E-state index contributed by atoms with van der Waals surface area (Å²) in [6.45, 7) is 13.9. The predicted molar refractivity (Wildman–Crippen MR) is 47.1 cm³/mol. The summed E-state index contributed by atoms with van der Waals surface area (Å²) < 4.78 is 1.05. The zero-order valence-corrected chi connectivity index (χ0v) is 10.8. The van der Waals surface area contributed by atoms with Gasteiger partial charge in [-0.2, -0.15) is 0 Å². The van der Waals surface area contributed by atoms with E-state index >= 15 is 0 Å². The van der Waals surface area contributed by atoms with Crippen molar-refractivity contribution in [2.45, 2.75) is 49.7 Å². The Kier molecular flexibility index (Phi) is 4.05. The maximum absolute atomic E-state index is 2.33. The van der Waals surface area contributed by atoms with Crippen LogP contribution in [0.2, 0.25) is 0 Å². The van der Waals surface area contributed by atoms with Crippen LogP contribution in [0.3, 0.4) is 0 Å². The van der Waals surface area contributed by atoms with E-state index in [1.807, 2.05) is 0 Å². The van der Waals surface area contributed by atoms with Gasteiger partial charge in [0.25, 0.3) is 0 Å². The Morgan fingerprint density at radius 2 is 1.30 bits per heavy atom. The molecule has 0 aromatic rings. The normalized spacial score (nSPS) is 14.2. The molecule has 0 bridgehead atoms. The number of rotatable bonds is 1. The van der Waals surface area contributed by atoms with Crippen LogP contribution in [0.15, 0.2) is 0 Å². The van der Waals surface area contributed by atoms with Gasteiger partial charge in [0.1, 0.15) is 0 Å². The minimum atomic E-state index is 0.308. The monoisotopic (exact) mass is 273 g/mol. The van der Waals surface area contributed by atoms with Gasteiger partial charge in [-0.05, 0) is 0 Å². The van der Waals surface area contributed by atoms with Crippen LogP contribution in [0.5, 0.6) is 0 Å². The van der Waals surface area contributed by atoms with E-state index < -0.39 is 0 Å². The van der Waals surface area contributed by atoms with E-state index in [1.165, 1.54) is 0 Å². The van der Waals surface area contributed by atoms with E-state index in [-0.39, 0.29) is 0 Å². The van der Waals surface area contributed by atoms with Crippen LogP contribution in [0.25, 0.3) is 0 Å². The van der Waals surface area contributed by atoms with Crippen molar-refractivity contribution in [3.63, 3.8) is 0 Å². The Morgan fingerprint density at radius 3 is 1.40 bits per heavy atom. The number of halogens is 1. The van der Waals surface area contributed by atoms with E-state index in [4.69, 9.17) is 0 Å². The van der Waals surface area contributed by atoms with Crippen molar-refractivity contribution in [2.75, 3.05) is 0 Å². The van der Waals surface area contributed by atoms with E-state index in [1.54, 1.807) is 0 Å². The molecule has 0 amide bonds. The molecule has 0 spiro atoms. The number of hydrogen-bond acceptors (Lipinski definition) is 1. The molecule has 64 valence electrons. The molecule has 0 aromatic carbocycles. The average Bonchev–Trinajstić information content (AvgIpc) is 1.57. The molecule has 0 rings (SSSR count). The second kappa shape index (κ2) is 3.65. The summed E-state index contributed by atoms with van der Waals surface area (Å²) in [5.41, 5.74) is 0. The molecule has 0 saturated carbocycles. The molecule has 2 heteroatoms. The summed E-state index contributed by atoms with van der Waals surface area (Å²) in [6, 6.07) is 0. The van der Waals surface area contributed by atoms with Gasteiger partial charge in [0.15, 0.2) is 0 Å². The minimum absolute atomic E-state index is 0.308. The zero-order valence-electron chi connectivity index (χ0n) is 7.79. The number of alkyl halides is 1. The van der Waals surface area contributed by atoms with Gasteiger partial charge in [-0.3, -0.25) is 0 Å². The van der Waals surface area contributed by atoms with Gasteiger partial charge in [-0.1, -0.05) is 0 Å². The molecule has 0 nitrogen and oxygen atoms in total. The van der Waals surface area contributed by atoms with Crippen LogP contribution in [-0.4, -0.2) is 8.17 Å². The zero-order chi connectivity index (χ0) is 8.41. The molecule has 0 aliphatic rings. The Bertz CT molecular complexity index is 82.8. The quantitative estimate of drug-likeness (QED) is 0.490. The Hall–Kier alpha value is 1.08. The van der Waals surface area contributed by atoms with Crippen molar-refractivity contribution in [3.05, 3.63) is 0 Å². The van der Waals surface area contributed by atoms with Crippen LogP contribution in [0, 0.1) is 0 Å². The van der Waals surface area contributed by atoms with Gasteiger partial charge in [-0.25, -0.2) is 0 Å². The topological polar surface area (TPSA) is 0 Å². The van der Waals surface area contributed by atoms with E-state index in [9.17, 15) is 0 Å². The van der Waals surface area contributed by atoms with Crippen molar-refractivity contribution < 1.29 is 19.8 Å². The molecule has 0 saturated heterocycles. The first kappa shape index (κ1) is 11.1. The summed E-state index contributed by atoms with van der Waals surface area (Å²) in [4.78, 5) is 0. The van der Waals surface area contributed by atoms with Crippen molar-refractivity contribution in [3.8, 4) is 0 Å². The van der Waals surface area contributed by atoms with Crippen LogP contribution < -0.4 is 19.8 Å². The summed E-state index contributed by atoms with van der Waals surface area (Å²) >= 11 is 0.308. The third kappa shape index (κ3) is 9.08. The molecule has 0 heterocycles. The second-order valence-electron chi connectivity index (χ2n) is 4.33. The Labute approximate surface area is 78.2 Å². The summed E-state index contributed by atoms with van der Waals surface area (Å²) in [5, 5.41) is 0. The summed E-state index contributed by atoms with van der Waals surface area (Å²) in [7, 11) is 2.15. The Balaban J connectivity index is 3.56. The average molecular weight is 273 g/mol. The third-order valence-electron chi connectivity index (χ3n) is 0.501. The van der Waals surface area contributed by atoms with Gasteiger partial charge < -0.3 is 0 Å². The number of hydrogen-bond donors (Lipinski definition) is 0. The van der Waals surface area contributed by atoms with Gasteiger partial charge in [-0.15, -0.1) is 0 Å². The molecule has 0 N–H and O–H groups in total. The molecule has 0 unspecified atom stereocenters. The van der Waals surface area contributed by atoms with Crippen LogP contribution in [0.4, 0.5) is 0 Å². The first-order valence-corrected chi connectivity index (χ1v) is 7.99. The Morgan fingerprint density at radius 1 is 0.900 bits per heavy atom. The molecule has 0 radical (unpaired) electrons. The second-order valence-corrected chi connectivity index (χ2v) is 11.7. The molecular formula is C8H18IS-. The third-order valence-corrected chi connectivity index (χ3v) is 10.1. The van der Waals surface area contributed by atoms with Crippen LogP contribution >= 0.6 is 8.93 Å². The maximum atomic E-state index is 2.33. The van der Waals surface area contributed by atoms with E-state index in [0.717, 1.165) is 0 Å². The fourth-order valence-electron chi connectivity index (χ4n) is 0.231. The molecule has 0 aromatic heterocycles. The van der Waals surface area contributed by atoms with Crippen LogP contribution in [-0.2, 0) is 0 Å². The van der Waals surface area contributed by atoms with Gasteiger partial charge in [0.2, 0.25) is 0 Å². The van der Waals surface area contributed by atoms with E-state index in [0.29, 0.717) is 28.0 Å². The molecule has 10 heavy (non-hydrogen) atoms. The van der Waals surface area contributed by atoms with Gasteiger partial charge >= 0.3 is 78.5 Å². The molecule has 0 aliphatic heterocycles. The molecular weight excluding hydrogens is 255 g/mol. The van der Waals surface area contributed by atoms with Gasteiger partial charge in [0.05, 0.1) is 0 Å². The van der Waals surface area contributed by atoms with Crippen LogP contribution in [0.1, 0.15) is 41.5 Å². The SMILES string of the molecule is CC(C)(C)S[I-]C(C)(C)C. The summed E-state index contributed by atoms with van der Waals surface area (Å²) in [6.07, 6.45) is 0. The molecule has 0 fully saturated rings. The van der Waals surface area contributed by atoms with E-state index in [2.05, 4.69) is 50.5 Å². The standard InChI is InChI=1S/C8H18IS/c1-7(2,3)9-10-8(4,5)6/h1-6H3/q-1. The van der Waals surface area contributed by atoms with Crippen molar-refractivity contribution in [1.29, 1.82) is 0 Å². The summed E-state index contributed by atoms with van der Waals surface area (Å²) in [5.74, 6) is 0. The molecule has 0 atom stereocenters.